The number of pyridine rings is 1. The Kier molecular flexibility index (Phi) is 6.41. The minimum absolute atomic E-state index is 0.00677. The monoisotopic (exact) mass is 542 g/mol. The van der Waals surface area contributed by atoms with Crippen LogP contribution >= 0.6 is 0 Å². The van der Waals surface area contributed by atoms with Crippen LogP contribution < -0.4 is 9.64 Å². The number of likely N-dealkylation sites (N-methyl/N-ethyl adjacent to an activating group) is 1. The molecule has 3 saturated heterocycles. The first-order valence-electron chi connectivity index (χ1n) is 14.4. The third-order valence-electron chi connectivity index (χ3n) is 9.30. The van der Waals surface area contributed by atoms with Gasteiger partial charge in [-0.25, -0.2) is 4.39 Å². The maximum atomic E-state index is 14.0. The van der Waals surface area contributed by atoms with Crippen molar-refractivity contribution in [3.05, 3.63) is 54.4 Å². The van der Waals surface area contributed by atoms with E-state index in [1.165, 1.54) is 35.6 Å². The van der Waals surface area contributed by atoms with E-state index in [9.17, 15) is 9.18 Å². The minimum atomic E-state index is -0.832. The van der Waals surface area contributed by atoms with Gasteiger partial charge in [0.15, 0.2) is 0 Å². The second kappa shape index (κ2) is 10.1. The number of alkyl halides is 1. The van der Waals surface area contributed by atoms with Crippen LogP contribution in [-0.4, -0.2) is 88.2 Å². The molecule has 1 amide bonds. The number of anilines is 1. The van der Waals surface area contributed by atoms with Crippen molar-refractivity contribution in [3.63, 3.8) is 0 Å². The molecule has 0 bridgehead atoms. The van der Waals surface area contributed by atoms with Crippen LogP contribution in [0, 0.1) is 0 Å². The van der Waals surface area contributed by atoms with Gasteiger partial charge >= 0.3 is 6.01 Å². The molecule has 0 N–H and O–H groups in total. The number of amides is 1. The van der Waals surface area contributed by atoms with E-state index in [4.69, 9.17) is 14.7 Å². The first-order chi connectivity index (χ1) is 19.5. The average Bonchev–Trinajstić information content (AvgIpc) is 3.47. The lowest BCUT2D eigenvalue weighted by Crippen LogP contribution is -2.63. The van der Waals surface area contributed by atoms with E-state index in [0.717, 1.165) is 48.1 Å². The Labute approximate surface area is 233 Å². The van der Waals surface area contributed by atoms with Crippen LogP contribution in [0.25, 0.3) is 22.0 Å². The second-order valence-corrected chi connectivity index (χ2v) is 11.6. The molecular formula is C31H35FN6O2. The zero-order chi connectivity index (χ0) is 27.4. The summed E-state index contributed by atoms with van der Waals surface area (Å²) < 4.78 is 20.1. The Morgan fingerprint density at radius 2 is 2.05 bits per heavy atom. The lowest BCUT2D eigenvalue weighted by Gasteiger charge is -2.47. The van der Waals surface area contributed by atoms with Crippen LogP contribution in [0.3, 0.4) is 0 Å². The van der Waals surface area contributed by atoms with E-state index in [1.807, 2.05) is 29.2 Å². The van der Waals surface area contributed by atoms with Crippen LogP contribution in [0.4, 0.5) is 10.2 Å². The molecule has 0 radical (unpaired) electrons. The van der Waals surface area contributed by atoms with Crippen molar-refractivity contribution in [3.8, 4) is 17.1 Å². The van der Waals surface area contributed by atoms with Crippen LogP contribution in [0.15, 0.2) is 43.2 Å². The van der Waals surface area contributed by atoms with E-state index in [1.54, 1.807) is 0 Å². The number of hydrogen-bond acceptors (Lipinski definition) is 7. The molecule has 3 aliphatic heterocycles. The fourth-order valence-corrected chi connectivity index (χ4v) is 7.08. The predicted molar refractivity (Wildman–Crippen MR) is 152 cm³/mol. The molecule has 7 rings (SSSR count). The number of ether oxygens (including phenoxy) is 1. The summed E-state index contributed by atoms with van der Waals surface area (Å²) in [5.41, 5.74) is 5.81. The molecule has 3 aromatic rings. The Bertz CT molecular complexity index is 1480. The topological polar surface area (TPSA) is 74.7 Å². The molecule has 8 nitrogen and oxygen atoms in total. The summed E-state index contributed by atoms with van der Waals surface area (Å²) in [6, 6.07) is 7.05. The van der Waals surface area contributed by atoms with E-state index < -0.39 is 6.17 Å². The third kappa shape index (κ3) is 4.31. The van der Waals surface area contributed by atoms with Crippen LogP contribution in [0.1, 0.15) is 36.8 Å². The molecule has 40 heavy (non-hydrogen) atoms. The Morgan fingerprint density at radius 3 is 2.88 bits per heavy atom. The Hall–Kier alpha value is -3.59. The van der Waals surface area contributed by atoms with Gasteiger partial charge in [0.05, 0.1) is 17.6 Å². The number of halogens is 1. The molecule has 1 aromatic carbocycles. The second-order valence-electron chi connectivity index (χ2n) is 11.6. The highest BCUT2D eigenvalue weighted by Gasteiger charge is 2.49. The van der Waals surface area contributed by atoms with Crippen molar-refractivity contribution in [1.29, 1.82) is 0 Å². The van der Waals surface area contributed by atoms with Gasteiger partial charge in [-0.3, -0.25) is 14.7 Å². The van der Waals surface area contributed by atoms with Gasteiger partial charge in [-0.05, 0) is 80.5 Å². The number of aromatic nitrogens is 3. The molecule has 1 aliphatic carbocycles. The molecular weight excluding hydrogens is 507 g/mol. The highest BCUT2D eigenvalue weighted by Crippen LogP contribution is 2.40. The number of fused-ring (bicyclic) bond motifs is 3. The molecule has 0 saturated carbocycles. The maximum Gasteiger partial charge on any atom is 0.319 e. The Balaban J connectivity index is 1.25. The molecule has 4 aliphatic rings. The molecule has 2 aromatic heterocycles. The van der Waals surface area contributed by atoms with Gasteiger partial charge in [0.25, 0.3) is 0 Å². The number of carbonyl (C=O) groups excluding carboxylic acids is 1. The summed E-state index contributed by atoms with van der Waals surface area (Å²) in [5.74, 6) is 0.817. The predicted octanol–water partition coefficient (Wildman–Crippen LogP) is 3.97. The summed E-state index contributed by atoms with van der Waals surface area (Å²) in [4.78, 5) is 32.9. The number of likely N-dealkylation sites (tertiary alicyclic amines) is 2. The fourth-order valence-electron chi connectivity index (χ4n) is 7.08. The summed E-state index contributed by atoms with van der Waals surface area (Å²) in [6.45, 7) is 5.86. The van der Waals surface area contributed by atoms with Crippen molar-refractivity contribution in [2.45, 2.75) is 62.8 Å². The molecule has 0 unspecified atom stereocenters. The van der Waals surface area contributed by atoms with Crippen molar-refractivity contribution in [1.82, 2.24) is 24.8 Å². The van der Waals surface area contributed by atoms with Gasteiger partial charge in [0.2, 0.25) is 5.91 Å². The number of rotatable bonds is 6. The number of carbonyl (C=O) groups is 1. The fraction of sp³-hybridized carbons (Fsp3) is 0.484. The van der Waals surface area contributed by atoms with Crippen molar-refractivity contribution in [2.24, 2.45) is 0 Å². The van der Waals surface area contributed by atoms with Crippen molar-refractivity contribution >= 4 is 22.6 Å². The lowest BCUT2D eigenvalue weighted by atomic mass is 9.87. The van der Waals surface area contributed by atoms with E-state index >= 15 is 0 Å². The zero-order valence-electron chi connectivity index (χ0n) is 22.9. The van der Waals surface area contributed by atoms with Crippen LogP contribution in [-0.2, 0) is 17.6 Å². The molecule has 9 heteroatoms. The minimum Gasteiger partial charge on any atom is -0.462 e. The summed E-state index contributed by atoms with van der Waals surface area (Å²) in [6.07, 6.45) is 10.4. The van der Waals surface area contributed by atoms with Gasteiger partial charge in [-0.1, -0.05) is 12.6 Å². The molecule has 0 spiro atoms. The van der Waals surface area contributed by atoms with Gasteiger partial charge in [0.1, 0.15) is 18.6 Å². The van der Waals surface area contributed by atoms with Gasteiger partial charge in [-0.2, -0.15) is 9.97 Å². The number of hydrogen-bond donors (Lipinski definition) is 0. The normalized spacial score (nSPS) is 25.9. The van der Waals surface area contributed by atoms with Crippen LogP contribution in [0.5, 0.6) is 6.01 Å². The van der Waals surface area contributed by atoms with Crippen molar-refractivity contribution < 1.29 is 13.9 Å². The standard InChI is InChI=1S/C31H35FN6O2/c1-3-29(39)37-11-10-27-28(37)17-38(27)30-24-9-8-19(25-15-33-14-20-6-4-5-7-23(20)25)12-26(24)34-31(35-30)40-18-22-13-21(32)16-36(22)2/h3,8-9,12,14-15,21-22,27-28H,1,4-7,10-11,13,16-18H2,2H3/t21-,22+,27-,28-/m1/s1. The maximum absolute atomic E-state index is 14.0. The van der Waals surface area contributed by atoms with E-state index in [2.05, 4.69) is 34.7 Å². The summed E-state index contributed by atoms with van der Waals surface area (Å²) in [5, 5.41) is 0.961. The van der Waals surface area contributed by atoms with Crippen LogP contribution in [0.2, 0.25) is 0 Å². The third-order valence-corrected chi connectivity index (χ3v) is 9.30. The SMILES string of the molecule is C=CC(=O)N1CC[C@@H]2[C@H]1CN2c1nc(OC[C@@H]2C[C@@H](F)CN2C)nc2cc(-c3cncc4c3CCCC4)ccc12. The number of aryl methyl sites for hydroxylation is 1. The summed E-state index contributed by atoms with van der Waals surface area (Å²) in [7, 11) is 1.93. The number of nitrogens with zero attached hydrogens (tertiary/aromatic N) is 6. The highest BCUT2D eigenvalue weighted by molar-refractivity contribution is 5.94. The largest absolute Gasteiger partial charge is 0.462 e. The smallest absolute Gasteiger partial charge is 0.319 e. The zero-order valence-corrected chi connectivity index (χ0v) is 22.9. The molecule has 4 atom stereocenters. The number of benzene rings is 1. The quantitative estimate of drug-likeness (QED) is 0.437. The van der Waals surface area contributed by atoms with Crippen molar-refractivity contribution in [2.75, 3.05) is 38.2 Å². The molecule has 3 fully saturated rings. The first kappa shape index (κ1) is 25.4. The Morgan fingerprint density at radius 1 is 1.18 bits per heavy atom. The van der Waals surface area contributed by atoms with Gasteiger partial charge in [0, 0.05) is 49.0 Å². The van der Waals surface area contributed by atoms with E-state index in [-0.39, 0.29) is 24.0 Å². The molecule has 5 heterocycles. The summed E-state index contributed by atoms with van der Waals surface area (Å²) >= 11 is 0. The van der Waals surface area contributed by atoms with Gasteiger partial charge < -0.3 is 14.5 Å². The lowest BCUT2D eigenvalue weighted by molar-refractivity contribution is -0.127. The van der Waals surface area contributed by atoms with E-state index in [0.29, 0.717) is 32.1 Å². The first-order valence-corrected chi connectivity index (χ1v) is 14.4. The van der Waals surface area contributed by atoms with Gasteiger partial charge in [-0.15, -0.1) is 0 Å². The average molecular weight is 543 g/mol. The molecule has 208 valence electrons. The highest BCUT2D eigenvalue weighted by atomic mass is 19.1.